The van der Waals surface area contributed by atoms with Gasteiger partial charge in [-0.25, -0.2) is 0 Å². The maximum atomic E-state index is 10.3. The second-order valence-corrected chi connectivity index (χ2v) is 11.8. The summed E-state index contributed by atoms with van der Waals surface area (Å²) in [6.45, 7) is 6.22. The van der Waals surface area contributed by atoms with Crippen LogP contribution in [0, 0.1) is 40.4 Å². The van der Waals surface area contributed by atoms with Crippen LogP contribution >= 0.6 is 0 Å². The van der Waals surface area contributed by atoms with E-state index in [1.165, 1.54) is 44.9 Å². The van der Waals surface area contributed by atoms with E-state index in [2.05, 4.69) is 42.2 Å². The minimum absolute atomic E-state index is 0.0509. The van der Waals surface area contributed by atoms with Crippen LogP contribution in [0.4, 0.5) is 0 Å². The molecule has 4 aliphatic carbocycles. The molecule has 0 bridgehead atoms. The van der Waals surface area contributed by atoms with Crippen LogP contribution in [0.5, 0.6) is 0 Å². The van der Waals surface area contributed by atoms with Gasteiger partial charge in [-0.15, -0.1) is 0 Å². The molecule has 34 heavy (non-hydrogen) atoms. The van der Waals surface area contributed by atoms with Gasteiger partial charge in [-0.05, 0) is 104 Å². The highest BCUT2D eigenvalue weighted by molar-refractivity contribution is 5.75. The maximum Gasteiger partial charge on any atom is 0.185 e. The van der Waals surface area contributed by atoms with E-state index in [-0.39, 0.29) is 12.1 Å². The van der Waals surface area contributed by atoms with E-state index in [1.54, 1.807) is 6.21 Å². The summed E-state index contributed by atoms with van der Waals surface area (Å²) in [6, 6.07) is 0. The number of guanidine groups is 1. The van der Waals surface area contributed by atoms with Crippen molar-refractivity contribution >= 4 is 12.2 Å². The third kappa shape index (κ3) is 5.22. The highest BCUT2D eigenvalue weighted by Crippen LogP contribution is 2.67. The Kier molecular flexibility index (Phi) is 8.06. The molecule has 4 saturated carbocycles. The molecule has 0 amide bonds. The summed E-state index contributed by atoms with van der Waals surface area (Å²) >= 11 is 0. The Bertz CT molecular complexity index is 804. The van der Waals surface area contributed by atoms with Gasteiger partial charge in [0, 0.05) is 13.0 Å². The number of nitrogens with zero attached hydrogens (tertiary/aromatic N) is 2. The number of oxime groups is 1. The molecule has 0 heterocycles. The lowest BCUT2D eigenvalue weighted by Crippen LogP contribution is -2.53. The monoisotopic (exact) mass is 470 g/mol. The number of aliphatic hydroxyl groups excluding tert-OH is 1. The summed E-state index contributed by atoms with van der Waals surface area (Å²) < 4.78 is 0. The third-order valence-electron chi connectivity index (χ3n) is 10.2. The predicted octanol–water partition coefficient (Wildman–Crippen LogP) is 4.78. The Balaban J connectivity index is 1.28. The van der Waals surface area contributed by atoms with Crippen LogP contribution in [0.15, 0.2) is 34.5 Å². The first-order valence-electron chi connectivity index (χ1n) is 13.6. The van der Waals surface area contributed by atoms with E-state index in [0.717, 1.165) is 42.9 Å². The van der Waals surface area contributed by atoms with Gasteiger partial charge in [-0.1, -0.05) is 37.2 Å². The zero-order valence-electron chi connectivity index (χ0n) is 21.2. The fraction of sp³-hybridized carbons (Fsp3) is 0.786. The van der Waals surface area contributed by atoms with Gasteiger partial charge in [0.05, 0.1) is 12.3 Å². The van der Waals surface area contributed by atoms with Gasteiger partial charge in [0.15, 0.2) is 5.96 Å². The molecule has 190 valence electrons. The van der Waals surface area contributed by atoms with Crippen molar-refractivity contribution in [2.45, 2.75) is 84.2 Å². The summed E-state index contributed by atoms with van der Waals surface area (Å²) in [6.07, 6.45) is 22.5. The summed E-state index contributed by atoms with van der Waals surface area (Å²) in [5, 5.41) is 14.2. The minimum atomic E-state index is -0.0509. The Morgan fingerprint density at radius 1 is 0.971 bits per heavy atom. The first-order chi connectivity index (χ1) is 16.3. The van der Waals surface area contributed by atoms with Gasteiger partial charge in [0.25, 0.3) is 0 Å². The number of fused-ring (bicyclic) bond motifs is 5. The molecule has 0 aromatic rings. The fourth-order valence-corrected chi connectivity index (χ4v) is 8.37. The van der Waals surface area contributed by atoms with Gasteiger partial charge >= 0.3 is 0 Å². The van der Waals surface area contributed by atoms with Gasteiger partial charge < -0.3 is 21.4 Å². The topological polar surface area (TPSA) is 106 Å². The van der Waals surface area contributed by atoms with Crippen LogP contribution in [0.3, 0.4) is 0 Å². The summed E-state index contributed by atoms with van der Waals surface area (Å²) in [5.74, 6) is 4.15. The lowest BCUT2D eigenvalue weighted by atomic mass is 9.44. The van der Waals surface area contributed by atoms with Crippen molar-refractivity contribution in [2.75, 3.05) is 13.2 Å². The molecule has 4 aliphatic rings. The average Bonchev–Trinajstić information content (AvgIpc) is 3.14. The van der Waals surface area contributed by atoms with Crippen LogP contribution in [0.1, 0.15) is 78.1 Å². The van der Waals surface area contributed by atoms with Gasteiger partial charge in [0.1, 0.15) is 6.61 Å². The van der Waals surface area contributed by atoms with Crippen LogP contribution in [-0.2, 0) is 4.84 Å². The Hall–Kier alpha value is -1.82. The quantitative estimate of drug-likeness (QED) is 0.156. The fourth-order valence-electron chi connectivity index (χ4n) is 8.37. The van der Waals surface area contributed by atoms with Crippen molar-refractivity contribution in [1.29, 1.82) is 0 Å². The summed E-state index contributed by atoms with van der Waals surface area (Å²) in [4.78, 5) is 9.12. The molecule has 0 unspecified atom stereocenters. The maximum absolute atomic E-state index is 10.3. The number of allylic oxidation sites excluding steroid dienone is 4. The predicted molar refractivity (Wildman–Crippen MR) is 139 cm³/mol. The summed E-state index contributed by atoms with van der Waals surface area (Å²) in [5.41, 5.74) is 11.5. The van der Waals surface area contributed by atoms with Crippen molar-refractivity contribution in [3.8, 4) is 0 Å². The second-order valence-electron chi connectivity index (χ2n) is 11.8. The smallest absolute Gasteiger partial charge is 0.185 e. The van der Waals surface area contributed by atoms with E-state index in [4.69, 9.17) is 16.3 Å². The van der Waals surface area contributed by atoms with Crippen LogP contribution in [-0.4, -0.2) is 36.5 Å². The molecule has 0 aromatic heterocycles. The summed E-state index contributed by atoms with van der Waals surface area (Å²) in [7, 11) is 0. The van der Waals surface area contributed by atoms with Gasteiger partial charge in [0.2, 0.25) is 0 Å². The van der Waals surface area contributed by atoms with Gasteiger partial charge in [-0.3, -0.25) is 4.99 Å². The largest absolute Gasteiger partial charge is 0.396 e. The molecule has 0 aliphatic heterocycles. The second kappa shape index (κ2) is 10.8. The van der Waals surface area contributed by atoms with Crippen molar-refractivity contribution < 1.29 is 9.94 Å². The molecule has 0 aromatic carbocycles. The molecule has 0 spiro atoms. The minimum Gasteiger partial charge on any atom is -0.396 e. The molecule has 8 atom stereocenters. The lowest BCUT2D eigenvalue weighted by molar-refractivity contribution is -0.124. The van der Waals surface area contributed by atoms with Crippen molar-refractivity contribution in [2.24, 2.45) is 62.0 Å². The van der Waals surface area contributed by atoms with Gasteiger partial charge in [-0.2, -0.15) is 0 Å². The van der Waals surface area contributed by atoms with Crippen LogP contribution in [0.25, 0.3) is 0 Å². The first-order valence-corrected chi connectivity index (χ1v) is 13.6. The lowest BCUT2D eigenvalue weighted by Gasteiger charge is -2.60. The van der Waals surface area contributed by atoms with Crippen molar-refractivity contribution in [3.63, 3.8) is 0 Å². The highest BCUT2D eigenvalue weighted by Gasteiger charge is 2.59. The molecular weight excluding hydrogens is 424 g/mol. The standard InChI is InChI=1S/C28H46N4O2/c1-27-15-13-25-23(10-8-21-19-22(33)12-14-28(21,25)2)24(27)11-9-20(27)7-4-3-5-17-32-34-18-6-16-31-26(29)30/h3-5,7,17,20-25,33H,6,8-16,18-19H2,1-2H3,(H4,29,30,31)/b5-3+,7-4+,32-17+/t20-,21+,22-,23-,24-,25-,27+,28-/m0/s1. The zero-order chi connectivity index (χ0) is 24.2. The number of hydrogen-bond acceptors (Lipinski definition) is 4. The van der Waals surface area contributed by atoms with E-state index in [0.29, 0.717) is 29.9 Å². The normalized spacial score (nSPS) is 42.0. The molecule has 6 nitrogen and oxygen atoms in total. The number of aliphatic imine (C=N–C) groups is 1. The molecule has 0 saturated heterocycles. The Morgan fingerprint density at radius 2 is 1.76 bits per heavy atom. The van der Waals surface area contributed by atoms with Crippen molar-refractivity contribution in [1.82, 2.24) is 0 Å². The third-order valence-corrected chi connectivity index (χ3v) is 10.2. The van der Waals surface area contributed by atoms with Crippen LogP contribution in [0.2, 0.25) is 0 Å². The number of aliphatic hydroxyl groups is 1. The Morgan fingerprint density at radius 3 is 2.59 bits per heavy atom. The van der Waals surface area contributed by atoms with Crippen molar-refractivity contribution in [3.05, 3.63) is 24.3 Å². The molecule has 4 rings (SSSR count). The van der Waals surface area contributed by atoms with E-state index >= 15 is 0 Å². The molecule has 4 fully saturated rings. The molecular formula is C28H46N4O2. The number of hydrogen-bond donors (Lipinski definition) is 3. The number of rotatable bonds is 8. The zero-order valence-corrected chi connectivity index (χ0v) is 21.2. The van der Waals surface area contributed by atoms with E-state index in [1.807, 2.05) is 6.08 Å². The van der Waals surface area contributed by atoms with E-state index < -0.39 is 0 Å². The van der Waals surface area contributed by atoms with Crippen LogP contribution < -0.4 is 11.5 Å². The molecule has 5 N–H and O–H groups in total. The first kappa shape index (κ1) is 25.3. The van der Waals surface area contributed by atoms with E-state index in [9.17, 15) is 5.11 Å². The average molecular weight is 471 g/mol. The molecule has 0 radical (unpaired) electrons. The Labute approximate surface area is 206 Å². The molecule has 6 heteroatoms. The number of nitrogens with two attached hydrogens (primary N) is 2. The SMILES string of the molecule is C[C@]12CC[C@H](O)C[C@H]1CC[C@@H]1[C@@H]2CC[C@]2(C)[C@@H](/C=C/C=C/C=N/OCCCN=C(N)N)CC[C@@H]12. The highest BCUT2D eigenvalue weighted by atomic mass is 16.6.